The van der Waals surface area contributed by atoms with E-state index >= 15 is 0 Å². The van der Waals surface area contributed by atoms with Crippen LogP contribution in [-0.2, 0) is 52.3 Å². The molecule has 304 valence electrons. The Labute approximate surface area is 321 Å². The minimum atomic E-state index is -0.826. The van der Waals surface area contributed by atoms with Crippen LogP contribution in [0, 0.1) is 35.5 Å². The second-order valence-corrected chi connectivity index (χ2v) is 16.9. The van der Waals surface area contributed by atoms with Crippen molar-refractivity contribution in [2.45, 2.75) is 160 Å². The number of likely N-dealkylation sites (N-methyl/N-ethyl adjacent to an activating group) is 1. The van der Waals surface area contributed by atoms with E-state index in [1.165, 1.54) is 6.92 Å². The third-order valence-electron chi connectivity index (χ3n) is 13.3. The van der Waals surface area contributed by atoms with Crippen molar-refractivity contribution in [1.82, 2.24) is 4.90 Å². The molecular weight excluding hydrogens is 694 g/mol. The van der Waals surface area contributed by atoms with Gasteiger partial charge in [0.15, 0.2) is 24.5 Å². The predicted molar refractivity (Wildman–Crippen MR) is 199 cm³/mol. The molecule has 3 aliphatic carbocycles. The fraction of sp³-hybridized carbons (Fsp3) is 0.833. The number of rotatable bonds is 9. The Balaban J connectivity index is 1.21. The summed E-state index contributed by atoms with van der Waals surface area (Å²) in [5, 5.41) is 0. The number of hydrogen-bond donors (Lipinski definition) is 0. The molecule has 4 fully saturated rings. The first kappa shape index (κ1) is 41.4. The van der Waals surface area contributed by atoms with Gasteiger partial charge in [-0.2, -0.15) is 0 Å². The van der Waals surface area contributed by atoms with Gasteiger partial charge in [0.1, 0.15) is 18.3 Å². The molecule has 0 amide bonds. The molecule has 54 heavy (non-hydrogen) atoms. The highest BCUT2D eigenvalue weighted by Gasteiger charge is 2.53. The lowest BCUT2D eigenvalue weighted by molar-refractivity contribution is -0.312. The van der Waals surface area contributed by atoms with Crippen LogP contribution in [0.15, 0.2) is 23.8 Å². The van der Waals surface area contributed by atoms with Gasteiger partial charge in [-0.15, -0.1) is 0 Å². The van der Waals surface area contributed by atoms with E-state index in [0.717, 1.165) is 50.5 Å². The molecule has 0 aromatic carbocycles. The summed E-state index contributed by atoms with van der Waals surface area (Å²) in [7, 11) is 7.32. The smallest absolute Gasteiger partial charge is 0.306 e. The molecule has 3 heterocycles. The summed E-state index contributed by atoms with van der Waals surface area (Å²) in [5.41, 5.74) is 0.727. The Kier molecular flexibility index (Phi) is 13.8. The normalized spacial score (nSPS) is 44.3. The van der Waals surface area contributed by atoms with Crippen LogP contribution in [0.2, 0.25) is 0 Å². The first-order chi connectivity index (χ1) is 25.8. The van der Waals surface area contributed by atoms with E-state index in [1.807, 2.05) is 13.8 Å². The molecule has 1 saturated carbocycles. The number of carbonyl (C=O) groups is 3. The summed E-state index contributed by atoms with van der Waals surface area (Å²) in [5.74, 6) is -0.814. The summed E-state index contributed by atoms with van der Waals surface area (Å²) in [6, 6.07) is 0.324. The molecule has 0 unspecified atom stereocenters. The van der Waals surface area contributed by atoms with Crippen molar-refractivity contribution in [1.29, 1.82) is 0 Å². The maximum atomic E-state index is 14.7. The van der Waals surface area contributed by atoms with Gasteiger partial charge in [-0.05, 0) is 109 Å². The molecule has 12 nitrogen and oxygen atoms in total. The lowest BCUT2D eigenvalue weighted by Gasteiger charge is -2.44. The molecule has 0 aromatic heterocycles. The van der Waals surface area contributed by atoms with Crippen molar-refractivity contribution in [3.05, 3.63) is 23.8 Å². The number of methoxy groups -OCH3 is 2. The van der Waals surface area contributed by atoms with Crippen LogP contribution in [0.4, 0.5) is 0 Å². The van der Waals surface area contributed by atoms with Gasteiger partial charge in [0.2, 0.25) is 0 Å². The monoisotopic (exact) mass is 759 g/mol. The summed E-state index contributed by atoms with van der Waals surface area (Å²) in [6.07, 6.45) is 9.06. The first-order valence-corrected chi connectivity index (χ1v) is 20.5. The maximum Gasteiger partial charge on any atom is 0.306 e. The third-order valence-corrected chi connectivity index (χ3v) is 13.3. The van der Waals surface area contributed by atoms with E-state index in [0.29, 0.717) is 12.5 Å². The Morgan fingerprint density at radius 3 is 2.31 bits per heavy atom. The number of esters is 2. The van der Waals surface area contributed by atoms with Gasteiger partial charge < -0.3 is 42.8 Å². The van der Waals surface area contributed by atoms with Gasteiger partial charge in [0.05, 0.1) is 30.8 Å². The Morgan fingerprint density at radius 2 is 1.65 bits per heavy atom. The first-order valence-electron chi connectivity index (χ1n) is 20.5. The van der Waals surface area contributed by atoms with E-state index in [2.05, 4.69) is 51.1 Å². The molecule has 6 rings (SSSR count). The average Bonchev–Trinajstić information content (AvgIpc) is 3.71. The third kappa shape index (κ3) is 8.85. The Bertz CT molecular complexity index is 1380. The lowest BCUT2D eigenvalue weighted by Crippen LogP contribution is -2.60. The van der Waals surface area contributed by atoms with E-state index in [-0.39, 0.29) is 84.6 Å². The maximum absolute atomic E-state index is 14.7. The van der Waals surface area contributed by atoms with E-state index < -0.39 is 36.5 Å². The molecule has 12 heteroatoms. The number of carbonyl (C=O) groups excluding carboxylic acids is 3. The number of fused-ring (bicyclic) bond motifs is 5. The van der Waals surface area contributed by atoms with E-state index in [4.69, 9.17) is 37.9 Å². The number of Topliss-reactive ketones (excluding diaryl/α,β-unsaturated/α-hetero) is 1. The Morgan fingerprint density at radius 1 is 0.889 bits per heavy atom. The molecule has 0 spiro atoms. The van der Waals surface area contributed by atoms with Crippen LogP contribution in [-0.4, -0.2) is 118 Å². The number of cyclic esters (lactones) is 1. The van der Waals surface area contributed by atoms with Crippen molar-refractivity contribution in [3.8, 4) is 0 Å². The van der Waals surface area contributed by atoms with Crippen molar-refractivity contribution in [2.24, 2.45) is 35.5 Å². The fourth-order valence-electron chi connectivity index (χ4n) is 10.5. The van der Waals surface area contributed by atoms with Crippen molar-refractivity contribution in [2.75, 3.05) is 28.3 Å². The number of ketones is 1. The number of ether oxygens (including phenoxy) is 8. The zero-order valence-electron chi connectivity index (χ0n) is 33.8. The summed E-state index contributed by atoms with van der Waals surface area (Å²) >= 11 is 0. The van der Waals surface area contributed by atoms with Gasteiger partial charge in [0.25, 0.3) is 0 Å². The second kappa shape index (κ2) is 17.9. The van der Waals surface area contributed by atoms with Crippen LogP contribution in [0.5, 0.6) is 0 Å². The topological polar surface area (TPSA) is 128 Å². The van der Waals surface area contributed by atoms with Crippen LogP contribution >= 0.6 is 0 Å². The van der Waals surface area contributed by atoms with Crippen LogP contribution in [0.3, 0.4) is 0 Å². The van der Waals surface area contributed by atoms with Gasteiger partial charge in [0, 0.05) is 39.0 Å². The molecule has 0 N–H and O–H groups in total. The minimum absolute atomic E-state index is 0.00309. The number of nitrogens with zero attached hydrogens (tertiary/aromatic N) is 1. The van der Waals surface area contributed by atoms with Gasteiger partial charge in [-0.3, -0.25) is 14.4 Å². The SMILES string of the molecule is CC[C@H]1CCC[C@@H](O[C@H]2CC[C@H](N(C)C)[C@@H](C)O2)[C@@H](C)C(=O)C2=C[C@@H]3[C@@H](C=C[C@@H]4C[C@@H](O[C@@H]5O[C@@H](C)[C@H](OC)[C@@H](OC)[C@H]5OC(C)=O)C[C@@H]34)[C@@H]2CC(=O)O1. The molecule has 0 bridgehead atoms. The van der Waals surface area contributed by atoms with Crippen molar-refractivity contribution in [3.63, 3.8) is 0 Å². The Hall–Kier alpha value is -2.19. The highest BCUT2D eigenvalue weighted by Crippen LogP contribution is 2.54. The lowest BCUT2D eigenvalue weighted by atomic mass is 9.70. The molecule has 3 saturated heterocycles. The zero-order valence-corrected chi connectivity index (χ0v) is 33.8. The molecule has 6 aliphatic rings. The fourth-order valence-corrected chi connectivity index (χ4v) is 10.5. The predicted octanol–water partition coefficient (Wildman–Crippen LogP) is 5.40. The van der Waals surface area contributed by atoms with Gasteiger partial charge in [-0.25, -0.2) is 0 Å². The standard InChI is InChI=1S/C42H65NO11/c1-10-27-12-11-13-35(54-37-17-16-34(43(6)7)23(3)49-37)22(2)38(46)33-20-31-29(32(33)21-36(45)52-27)15-14-26-18-28(19-30(26)31)53-42-41(51-25(5)44)40(48-9)39(47-8)24(4)50-42/h14-15,20,22-24,26-32,34-35,37,39-42H,10-13,16-19,21H2,1-9H3/t22-,23-,24+,26-,27+,28-,29-,30-,31-,32+,34+,35-,37+,39+,40-,41-,42+/m1/s1. The van der Waals surface area contributed by atoms with Crippen LogP contribution < -0.4 is 0 Å². The van der Waals surface area contributed by atoms with Crippen LogP contribution in [0.25, 0.3) is 0 Å². The molecule has 3 aliphatic heterocycles. The summed E-state index contributed by atoms with van der Waals surface area (Å²) < 4.78 is 49.2. The zero-order chi connectivity index (χ0) is 38.8. The second-order valence-electron chi connectivity index (χ2n) is 16.9. The largest absolute Gasteiger partial charge is 0.462 e. The molecule has 0 aromatic rings. The van der Waals surface area contributed by atoms with Gasteiger partial charge >= 0.3 is 11.9 Å². The molecular formula is C42H65NO11. The van der Waals surface area contributed by atoms with Crippen LogP contribution in [0.1, 0.15) is 92.4 Å². The number of allylic oxidation sites excluding steroid dienone is 4. The number of hydrogen-bond acceptors (Lipinski definition) is 12. The van der Waals surface area contributed by atoms with Crippen molar-refractivity contribution < 1.29 is 52.3 Å². The highest BCUT2D eigenvalue weighted by molar-refractivity contribution is 5.99. The summed E-state index contributed by atoms with van der Waals surface area (Å²) in [4.78, 5) is 42.6. The minimum Gasteiger partial charge on any atom is -0.462 e. The quantitative estimate of drug-likeness (QED) is 0.221. The van der Waals surface area contributed by atoms with Gasteiger partial charge in [-0.1, -0.05) is 32.1 Å². The summed E-state index contributed by atoms with van der Waals surface area (Å²) in [6.45, 7) is 9.41. The average molecular weight is 760 g/mol. The molecule has 17 atom stereocenters. The highest BCUT2D eigenvalue weighted by atomic mass is 16.7. The van der Waals surface area contributed by atoms with Crippen molar-refractivity contribution >= 4 is 17.7 Å². The van der Waals surface area contributed by atoms with E-state index in [9.17, 15) is 14.4 Å². The van der Waals surface area contributed by atoms with E-state index in [1.54, 1.807) is 14.2 Å². The molecule has 0 radical (unpaired) electrons.